The van der Waals surface area contributed by atoms with E-state index in [4.69, 9.17) is 0 Å². The van der Waals surface area contributed by atoms with Crippen LogP contribution in [0.15, 0.2) is 5.10 Å². The van der Waals surface area contributed by atoms with Crippen molar-refractivity contribution in [2.45, 2.75) is 52.0 Å². The van der Waals surface area contributed by atoms with Crippen LogP contribution in [0.4, 0.5) is 0 Å². The summed E-state index contributed by atoms with van der Waals surface area (Å²) >= 11 is 1.53. The predicted molar refractivity (Wildman–Crippen MR) is 99.0 cm³/mol. The van der Waals surface area contributed by atoms with Crippen molar-refractivity contribution in [3.63, 3.8) is 0 Å². The molecule has 0 radical (unpaired) electrons. The number of amides is 2. The molecule has 140 valence electrons. The second-order valence-electron chi connectivity index (χ2n) is 7.03. The van der Waals surface area contributed by atoms with Crippen LogP contribution in [0.5, 0.6) is 0 Å². The van der Waals surface area contributed by atoms with Crippen LogP contribution in [0.2, 0.25) is 0 Å². The highest BCUT2D eigenvalue weighted by Crippen LogP contribution is 2.24. The minimum absolute atomic E-state index is 0.0466. The molecular formula is C17H28N4O3S. The Balaban J connectivity index is 1.94. The van der Waals surface area contributed by atoms with Crippen molar-refractivity contribution in [3.8, 4) is 0 Å². The molecule has 0 spiro atoms. The van der Waals surface area contributed by atoms with Gasteiger partial charge in [-0.2, -0.15) is 0 Å². The molecule has 0 aromatic carbocycles. The molecule has 0 bridgehead atoms. The summed E-state index contributed by atoms with van der Waals surface area (Å²) in [5.74, 6) is -0.843. The Hall–Kier alpha value is -1.57. The van der Waals surface area contributed by atoms with Gasteiger partial charge in [0.2, 0.25) is 11.7 Å². The zero-order chi connectivity index (χ0) is 18.4. The van der Waals surface area contributed by atoms with E-state index in [2.05, 4.69) is 15.8 Å². The Kier molecular flexibility index (Phi) is 7.28. The summed E-state index contributed by atoms with van der Waals surface area (Å²) in [5.41, 5.74) is 2.33. The number of amidine groups is 1. The lowest BCUT2D eigenvalue weighted by Crippen LogP contribution is -2.51. The highest BCUT2D eigenvalue weighted by molar-refractivity contribution is 8.14. The second-order valence-corrected chi connectivity index (χ2v) is 8.10. The van der Waals surface area contributed by atoms with E-state index in [9.17, 15) is 14.4 Å². The van der Waals surface area contributed by atoms with E-state index in [1.807, 2.05) is 25.8 Å². The lowest BCUT2D eigenvalue weighted by atomic mass is 9.88. The van der Waals surface area contributed by atoms with Gasteiger partial charge in [0.1, 0.15) is 0 Å². The average molecular weight is 369 g/mol. The van der Waals surface area contributed by atoms with Crippen LogP contribution in [0.1, 0.15) is 46.0 Å². The van der Waals surface area contributed by atoms with Gasteiger partial charge in [0.15, 0.2) is 5.17 Å². The molecule has 0 aromatic rings. The fourth-order valence-electron chi connectivity index (χ4n) is 3.06. The molecule has 8 heteroatoms. The van der Waals surface area contributed by atoms with Crippen molar-refractivity contribution in [1.82, 2.24) is 15.6 Å². The molecule has 1 heterocycles. The van der Waals surface area contributed by atoms with Crippen molar-refractivity contribution < 1.29 is 14.4 Å². The van der Waals surface area contributed by atoms with Gasteiger partial charge in [-0.25, -0.2) is 5.43 Å². The van der Waals surface area contributed by atoms with E-state index in [0.29, 0.717) is 5.17 Å². The van der Waals surface area contributed by atoms with Crippen LogP contribution in [-0.2, 0) is 14.4 Å². The summed E-state index contributed by atoms with van der Waals surface area (Å²) in [7, 11) is 1.88. The number of hydrazone groups is 1. The number of carbonyl (C=O) groups excluding carboxylic acids is 3. The molecule has 0 unspecified atom stereocenters. The first-order valence-corrected chi connectivity index (χ1v) is 9.95. The van der Waals surface area contributed by atoms with Gasteiger partial charge in [-0.3, -0.25) is 14.4 Å². The Morgan fingerprint density at radius 1 is 1.20 bits per heavy atom. The molecule has 2 rings (SSSR count). The Labute approximate surface area is 153 Å². The summed E-state index contributed by atoms with van der Waals surface area (Å²) in [6, 6.07) is -0.816. The molecule has 1 saturated carbocycles. The van der Waals surface area contributed by atoms with E-state index < -0.39 is 17.7 Å². The molecule has 1 aliphatic heterocycles. The summed E-state index contributed by atoms with van der Waals surface area (Å²) in [6.45, 7) is 4.51. The first-order valence-electron chi connectivity index (χ1n) is 8.96. The highest BCUT2D eigenvalue weighted by Gasteiger charge is 2.32. The normalized spacial score (nSPS) is 21.4. The van der Waals surface area contributed by atoms with Crippen molar-refractivity contribution in [2.75, 3.05) is 19.3 Å². The number of rotatable bonds is 6. The van der Waals surface area contributed by atoms with Crippen molar-refractivity contribution >= 4 is 34.5 Å². The largest absolute Gasteiger partial charge is 0.352 e. The van der Waals surface area contributed by atoms with Gasteiger partial charge in [-0.1, -0.05) is 44.9 Å². The fraction of sp³-hybridized carbons (Fsp3) is 0.765. The maximum absolute atomic E-state index is 12.5. The van der Waals surface area contributed by atoms with Gasteiger partial charge in [-0.05, 0) is 18.8 Å². The smallest absolute Gasteiger partial charge is 0.309 e. The topological polar surface area (TPSA) is 90.9 Å². The first kappa shape index (κ1) is 19.8. The molecule has 1 saturated heterocycles. The van der Waals surface area contributed by atoms with Crippen molar-refractivity contribution in [1.29, 1.82) is 0 Å². The molecule has 2 amide bonds. The SMILES string of the molecule is CC(C)[C@H](NC(=O)C1CCCCC1)C(=O)C(=O)NN=C1SCCN1C. The minimum Gasteiger partial charge on any atom is -0.352 e. The van der Waals surface area contributed by atoms with E-state index >= 15 is 0 Å². The van der Waals surface area contributed by atoms with Gasteiger partial charge in [-0.15, -0.1) is 5.10 Å². The Bertz CT molecular complexity index is 544. The van der Waals surface area contributed by atoms with E-state index in [1.165, 1.54) is 11.8 Å². The molecule has 1 atom stereocenters. The lowest BCUT2D eigenvalue weighted by molar-refractivity contribution is -0.141. The highest BCUT2D eigenvalue weighted by atomic mass is 32.2. The van der Waals surface area contributed by atoms with Crippen LogP contribution in [0, 0.1) is 11.8 Å². The summed E-state index contributed by atoms with van der Waals surface area (Å²) in [5, 5.41) is 7.49. The summed E-state index contributed by atoms with van der Waals surface area (Å²) in [4.78, 5) is 39.0. The first-order chi connectivity index (χ1) is 11.9. The third-order valence-electron chi connectivity index (χ3n) is 4.68. The van der Waals surface area contributed by atoms with E-state index in [1.54, 1.807) is 0 Å². The van der Waals surface area contributed by atoms with Gasteiger partial charge in [0, 0.05) is 25.3 Å². The molecule has 2 N–H and O–H groups in total. The third kappa shape index (κ3) is 5.45. The zero-order valence-corrected chi connectivity index (χ0v) is 16.0. The van der Waals surface area contributed by atoms with Crippen LogP contribution in [0.3, 0.4) is 0 Å². The maximum Gasteiger partial charge on any atom is 0.309 e. The van der Waals surface area contributed by atoms with Crippen LogP contribution >= 0.6 is 11.8 Å². The van der Waals surface area contributed by atoms with Crippen molar-refractivity contribution in [3.05, 3.63) is 0 Å². The maximum atomic E-state index is 12.5. The number of thioether (sulfide) groups is 1. The Morgan fingerprint density at radius 3 is 2.44 bits per heavy atom. The molecule has 7 nitrogen and oxygen atoms in total. The molecule has 1 aliphatic carbocycles. The van der Waals surface area contributed by atoms with Crippen molar-refractivity contribution in [2.24, 2.45) is 16.9 Å². The Morgan fingerprint density at radius 2 is 1.88 bits per heavy atom. The average Bonchev–Trinajstić information content (AvgIpc) is 3.02. The van der Waals surface area contributed by atoms with Gasteiger partial charge >= 0.3 is 5.91 Å². The van der Waals surface area contributed by atoms with Crippen LogP contribution in [0.25, 0.3) is 0 Å². The number of nitrogens with zero attached hydrogens (tertiary/aromatic N) is 2. The monoisotopic (exact) mass is 368 g/mol. The van der Waals surface area contributed by atoms with Crippen LogP contribution in [-0.4, -0.2) is 53.1 Å². The van der Waals surface area contributed by atoms with Gasteiger partial charge in [0.25, 0.3) is 0 Å². The number of carbonyl (C=O) groups is 3. The number of Topliss-reactive ketones (excluding diaryl/α,β-unsaturated/α-hetero) is 1. The number of hydrogen-bond acceptors (Lipinski definition) is 5. The number of hydrogen-bond donors (Lipinski definition) is 2. The molecule has 25 heavy (non-hydrogen) atoms. The van der Waals surface area contributed by atoms with E-state index in [-0.39, 0.29) is 17.7 Å². The zero-order valence-electron chi connectivity index (χ0n) is 15.2. The summed E-state index contributed by atoms with van der Waals surface area (Å²) < 4.78 is 0. The third-order valence-corrected chi connectivity index (χ3v) is 5.73. The minimum atomic E-state index is -0.816. The molecule has 2 aliphatic rings. The van der Waals surface area contributed by atoms with Gasteiger partial charge < -0.3 is 10.2 Å². The summed E-state index contributed by atoms with van der Waals surface area (Å²) in [6.07, 6.45) is 4.96. The predicted octanol–water partition coefficient (Wildman–Crippen LogP) is 1.34. The van der Waals surface area contributed by atoms with Crippen LogP contribution < -0.4 is 10.7 Å². The molecule has 2 fully saturated rings. The second kappa shape index (κ2) is 9.22. The number of nitrogens with one attached hydrogen (secondary N) is 2. The quantitative estimate of drug-likeness (QED) is 0.545. The fourth-order valence-corrected chi connectivity index (χ4v) is 4.03. The van der Waals surface area contributed by atoms with Gasteiger partial charge in [0.05, 0.1) is 6.04 Å². The van der Waals surface area contributed by atoms with E-state index in [0.717, 1.165) is 44.4 Å². The molecular weight excluding hydrogens is 340 g/mol. The number of ketones is 1. The lowest BCUT2D eigenvalue weighted by Gasteiger charge is -2.25. The standard InChI is InChI=1S/C17H28N4O3S/c1-11(2)13(18-15(23)12-7-5-4-6-8-12)14(22)16(24)19-20-17-21(3)9-10-25-17/h11-13H,4-10H2,1-3H3,(H,18,23)(H,19,24)/t13-/m0/s1. The molecule has 0 aromatic heterocycles.